The van der Waals surface area contributed by atoms with Crippen molar-refractivity contribution in [3.05, 3.63) is 36.2 Å². The molecule has 6 nitrogen and oxygen atoms in total. The summed E-state index contributed by atoms with van der Waals surface area (Å²) in [5.74, 6) is -0.935. The molecule has 0 saturated heterocycles. The van der Waals surface area contributed by atoms with E-state index in [2.05, 4.69) is 4.99 Å². The van der Waals surface area contributed by atoms with E-state index in [4.69, 9.17) is 9.47 Å². The van der Waals surface area contributed by atoms with Gasteiger partial charge in [0.25, 0.3) is 0 Å². The zero-order chi connectivity index (χ0) is 21.0. The molecule has 0 atom stereocenters. The van der Waals surface area contributed by atoms with Crippen molar-refractivity contribution in [2.45, 2.75) is 79.1 Å². The normalized spacial score (nSPS) is 14.1. The highest BCUT2D eigenvalue weighted by Crippen LogP contribution is 2.18. The molecule has 1 rings (SSSR count). The summed E-state index contributed by atoms with van der Waals surface area (Å²) in [4.78, 5) is 30.0. The quantitative estimate of drug-likeness (QED) is 0.344. The van der Waals surface area contributed by atoms with Crippen LogP contribution in [0.25, 0.3) is 0 Å². The summed E-state index contributed by atoms with van der Waals surface area (Å²) in [6.07, 6.45) is 4.68. The first-order valence-corrected chi connectivity index (χ1v) is 8.99. The second kappa shape index (κ2) is 8.11. The first-order chi connectivity index (χ1) is 12.1. The van der Waals surface area contributed by atoms with E-state index in [1.54, 1.807) is 58.5 Å². The zero-order valence-electron chi connectivity index (χ0n) is 17.9. The van der Waals surface area contributed by atoms with E-state index >= 15 is 0 Å². The largest absolute Gasteiger partial charge is 0.457 e. The van der Waals surface area contributed by atoms with Gasteiger partial charge in [0.15, 0.2) is 0 Å². The molecular weight excluding hydrogens is 344 g/mol. The fraction of sp³-hybridized carbons (Fsp3) is 0.571. The second-order valence-corrected chi connectivity index (χ2v) is 9.29. The Morgan fingerprint density at radius 3 is 1.74 bits per heavy atom. The Balaban J connectivity index is 3.51. The van der Waals surface area contributed by atoms with Crippen LogP contribution in [0.4, 0.5) is 0 Å². The first kappa shape index (κ1) is 22.7. The van der Waals surface area contributed by atoms with Crippen LogP contribution >= 0.6 is 0 Å². The van der Waals surface area contributed by atoms with Gasteiger partial charge >= 0.3 is 11.9 Å². The van der Waals surface area contributed by atoms with Crippen LogP contribution in [0.5, 0.6) is 0 Å². The minimum Gasteiger partial charge on any atom is -0.457 e. The van der Waals surface area contributed by atoms with Gasteiger partial charge in [-0.05, 0) is 74.4 Å². The molecule has 0 unspecified atom stereocenters. The predicted octanol–water partition coefficient (Wildman–Crippen LogP) is 4.14. The lowest BCUT2D eigenvalue weighted by Crippen LogP contribution is -2.32. The molecular formula is C21H32N2O4. The highest BCUT2D eigenvalue weighted by molar-refractivity contribution is 6.22. The summed E-state index contributed by atoms with van der Waals surface area (Å²) < 4.78 is 12.6. The molecule has 0 N–H and O–H groups in total. The molecule has 0 aliphatic rings. The monoisotopic (exact) mass is 376 g/mol. The number of esters is 2. The van der Waals surface area contributed by atoms with E-state index in [0.717, 1.165) is 6.08 Å². The Kier molecular flexibility index (Phi) is 6.81. The van der Waals surface area contributed by atoms with E-state index in [9.17, 15) is 9.59 Å². The Hall–Kier alpha value is -2.37. The highest BCUT2D eigenvalue weighted by Gasteiger charge is 2.28. The molecule has 1 aromatic rings. The van der Waals surface area contributed by atoms with Gasteiger partial charge in [0.1, 0.15) is 22.6 Å². The molecule has 0 bridgehead atoms. The molecule has 0 aliphatic carbocycles. The van der Waals surface area contributed by atoms with Crippen molar-refractivity contribution >= 4 is 17.8 Å². The molecule has 27 heavy (non-hydrogen) atoms. The van der Waals surface area contributed by atoms with Crippen LogP contribution in [-0.4, -0.2) is 39.1 Å². The number of aromatic nitrogens is 1. The summed E-state index contributed by atoms with van der Waals surface area (Å²) >= 11 is 0. The van der Waals surface area contributed by atoms with Crippen LogP contribution in [0.2, 0.25) is 0 Å². The van der Waals surface area contributed by atoms with Crippen LogP contribution < -0.4 is 0 Å². The predicted molar refractivity (Wildman–Crippen MR) is 107 cm³/mol. The highest BCUT2D eigenvalue weighted by atomic mass is 16.6. The van der Waals surface area contributed by atoms with Gasteiger partial charge < -0.3 is 14.0 Å². The summed E-state index contributed by atoms with van der Waals surface area (Å²) in [5, 5.41) is 0. The Morgan fingerprint density at radius 2 is 1.33 bits per heavy atom. The van der Waals surface area contributed by atoms with Crippen LogP contribution in [0.3, 0.4) is 0 Å². The van der Waals surface area contributed by atoms with Gasteiger partial charge in [-0.3, -0.25) is 4.99 Å². The molecule has 0 amide bonds. The molecule has 0 spiro atoms. The number of ether oxygens (including phenoxy) is 2. The number of aliphatic imine (C=N–C) groups is 1. The Morgan fingerprint density at radius 1 is 0.852 bits per heavy atom. The number of hydrogen-bond donors (Lipinski definition) is 0. The van der Waals surface area contributed by atoms with E-state index in [1.165, 1.54) is 0 Å². The molecule has 150 valence electrons. The summed E-state index contributed by atoms with van der Waals surface area (Å²) in [7, 11) is 0. The van der Waals surface area contributed by atoms with Gasteiger partial charge in [0, 0.05) is 18.5 Å². The van der Waals surface area contributed by atoms with Crippen LogP contribution in [0, 0.1) is 0 Å². The molecule has 1 heterocycles. The maximum absolute atomic E-state index is 12.9. The van der Waals surface area contributed by atoms with Crippen LogP contribution in [-0.2, 0) is 19.1 Å². The van der Waals surface area contributed by atoms with E-state index in [-0.39, 0.29) is 5.57 Å². The minimum absolute atomic E-state index is 0.0466. The van der Waals surface area contributed by atoms with Crippen molar-refractivity contribution in [3.8, 4) is 0 Å². The lowest BCUT2D eigenvalue weighted by molar-refractivity contribution is -0.152. The van der Waals surface area contributed by atoms with Gasteiger partial charge in [-0.1, -0.05) is 0 Å². The summed E-state index contributed by atoms with van der Waals surface area (Å²) in [6, 6.07) is 3.64. The molecule has 0 aromatic carbocycles. The van der Waals surface area contributed by atoms with Crippen molar-refractivity contribution < 1.29 is 19.1 Å². The van der Waals surface area contributed by atoms with Crippen molar-refractivity contribution in [2.75, 3.05) is 0 Å². The molecule has 1 aromatic heterocycles. The zero-order valence-corrected chi connectivity index (χ0v) is 17.9. The van der Waals surface area contributed by atoms with E-state index < -0.39 is 28.7 Å². The van der Waals surface area contributed by atoms with Crippen molar-refractivity contribution in [2.24, 2.45) is 4.99 Å². The van der Waals surface area contributed by atoms with Gasteiger partial charge in [0.2, 0.25) is 0 Å². The van der Waals surface area contributed by atoms with Gasteiger partial charge in [-0.15, -0.1) is 0 Å². The fourth-order valence-corrected chi connectivity index (χ4v) is 2.05. The number of nitrogens with zero attached hydrogens (tertiary/aromatic N) is 2. The van der Waals surface area contributed by atoms with Crippen molar-refractivity contribution in [1.82, 2.24) is 4.57 Å². The molecule has 0 radical (unpaired) electrons. The number of carbonyl (C=O) groups is 2. The van der Waals surface area contributed by atoms with Gasteiger partial charge in [-0.2, -0.15) is 0 Å². The lowest BCUT2D eigenvalue weighted by atomic mass is 10.1. The first-order valence-electron chi connectivity index (χ1n) is 8.99. The molecule has 0 saturated carbocycles. The minimum atomic E-state index is -0.715. The van der Waals surface area contributed by atoms with E-state index in [1.807, 2.05) is 32.9 Å². The van der Waals surface area contributed by atoms with Crippen molar-refractivity contribution in [1.29, 1.82) is 0 Å². The third-order valence-corrected chi connectivity index (χ3v) is 2.82. The second-order valence-electron chi connectivity index (χ2n) is 9.29. The standard InChI is InChI=1S/C21H32N2O4/c1-19(2,3)22-17(23-12-10-11-13-23)15(18(25)27-21(7,8)9)14-16(24)26-20(4,5)6/h10-14H,1-9H3/b15-14+,22-17?. The average molecular weight is 376 g/mol. The van der Waals surface area contributed by atoms with Crippen molar-refractivity contribution in [3.63, 3.8) is 0 Å². The topological polar surface area (TPSA) is 69.9 Å². The third-order valence-electron chi connectivity index (χ3n) is 2.82. The maximum Gasteiger partial charge on any atom is 0.342 e. The van der Waals surface area contributed by atoms with Gasteiger partial charge in [0.05, 0.1) is 5.54 Å². The smallest absolute Gasteiger partial charge is 0.342 e. The molecule has 0 aliphatic heterocycles. The molecule has 0 fully saturated rings. The summed E-state index contributed by atoms with van der Waals surface area (Å²) in [6.45, 7) is 16.3. The summed E-state index contributed by atoms with van der Waals surface area (Å²) in [5.41, 5.74) is -1.82. The third kappa shape index (κ3) is 8.71. The number of hydrogen-bond acceptors (Lipinski definition) is 5. The number of rotatable bonds is 3. The maximum atomic E-state index is 12.9. The average Bonchev–Trinajstić information content (AvgIpc) is 2.91. The fourth-order valence-electron chi connectivity index (χ4n) is 2.05. The van der Waals surface area contributed by atoms with Crippen LogP contribution in [0.1, 0.15) is 62.3 Å². The van der Waals surface area contributed by atoms with E-state index in [0.29, 0.717) is 5.84 Å². The SMILES string of the molecule is CC(C)(C)N=C(/C(=C\C(=O)OC(C)(C)C)C(=O)OC(C)(C)C)n1cccc1. The Bertz CT molecular complexity index is 722. The van der Waals surface area contributed by atoms with Crippen LogP contribution in [0.15, 0.2) is 41.2 Å². The lowest BCUT2D eigenvalue weighted by Gasteiger charge is -2.23. The number of carbonyl (C=O) groups excluding carboxylic acids is 2. The Labute approximate surface area is 162 Å². The molecule has 6 heteroatoms. The van der Waals surface area contributed by atoms with Gasteiger partial charge in [-0.25, -0.2) is 9.59 Å².